The fraction of sp³-hybridized carbons (Fsp3) is 0.364. The van der Waals surface area contributed by atoms with Gasteiger partial charge in [0.2, 0.25) is 5.91 Å². The first-order chi connectivity index (χ1) is 12.8. The molecule has 2 aromatic rings. The van der Waals surface area contributed by atoms with E-state index in [1.54, 1.807) is 11.0 Å². The molecule has 0 aromatic heterocycles. The lowest BCUT2D eigenvalue weighted by Gasteiger charge is -2.32. The van der Waals surface area contributed by atoms with Crippen LogP contribution >= 0.6 is 0 Å². The summed E-state index contributed by atoms with van der Waals surface area (Å²) in [5, 5.41) is 3.02. The average molecular weight is 366 g/mol. The summed E-state index contributed by atoms with van der Waals surface area (Å²) in [7, 11) is 0. The van der Waals surface area contributed by atoms with Gasteiger partial charge >= 0.3 is 0 Å². The Kier molecular flexibility index (Phi) is 5.49. The lowest BCUT2D eigenvalue weighted by Crippen LogP contribution is -2.49. The van der Waals surface area contributed by atoms with Crippen molar-refractivity contribution in [2.45, 2.75) is 38.8 Å². The summed E-state index contributed by atoms with van der Waals surface area (Å²) >= 11 is 0. The Bertz CT molecular complexity index is 812. The third kappa shape index (κ3) is 4.67. The fourth-order valence-corrected chi connectivity index (χ4v) is 3.24. The van der Waals surface area contributed by atoms with Crippen LogP contribution in [0.25, 0.3) is 0 Å². The fourth-order valence-electron chi connectivity index (χ4n) is 3.24. The van der Waals surface area contributed by atoms with Gasteiger partial charge in [0.15, 0.2) is 6.61 Å². The van der Waals surface area contributed by atoms with Crippen LogP contribution in [-0.2, 0) is 16.0 Å². The van der Waals surface area contributed by atoms with Crippen molar-refractivity contribution in [3.05, 3.63) is 65.7 Å². The standard InChI is InChI=1S/C22H26N2O3/c1-22(2,3)23-21(26)20-17-11-7-8-12-18(17)27-15-19(25)24(20)14-13-16-9-5-4-6-10-16/h4-12,20H,13-15H2,1-3H3,(H,23,26). The van der Waals surface area contributed by atoms with Crippen molar-refractivity contribution in [3.8, 4) is 5.75 Å². The highest BCUT2D eigenvalue weighted by Gasteiger charge is 2.37. The molecule has 3 rings (SSSR count). The number of hydrogen-bond donors (Lipinski definition) is 1. The average Bonchev–Trinajstić information content (AvgIpc) is 2.76. The van der Waals surface area contributed by atoms with Gasteiger partial charge in [0.1, 0.15) is 11.8 Å². The van der Waals surface area contributed by atoms with E-state index in [1.165, 1.54) is 0 Å². The van der Waals surface area contributed by atoms with Gasteiger partial charge in [-0.3, -0.25) is 9.59 Å². The van der Waals surface area contributed by atoms with Crippen LogP contribution in [0.1, 0.15) is 37.9 Å². The molecular formula is C22H26N2O3. The van der Waals surface area contributed by atoms with Crippen LogP contribution in [-0.4, -0.2) is 35.4 Å². The second kappa shape index (κ2) is 7.82. The molecule has 0 saturated heterocycles. The molecule has 1 atom stereocenters. The number of rotatable bonds is 4. The minimum Gasteiger partial charge on any atom is -0.483 e. The molecular weight excluding hydrogens is 340 g/mol. The molecule has 1 aliphatic heterocycles. The predicted octanol–water partition coefficient (Wildman–Crippen LogP) is 3.11. The maximum Gasteiger partial charge on any atom is 0.261 e. The van der Waals surface area contributed by atoms with Gasteiger partial charge in [-0.2, -0.15) is 0 Å². The molecule has 1 heterocycles. The highest BCUT2D eigenvalue weighted by Crippen LogP contribution is 2.33. The van der Waals surface area contributed by atoms with E-state index in [1.807, 2.05) is 69.3 Å². The van der Waals surface area contributed by atoms with E-state index in [9.17, 15) is 9.59 Å². The van der Waals surface area contributed by atoms with Crippen LogP contribution in [0.3, 0.4) is 0 Å². The SMILES string of the molecule is CC(C)(C)NC(=O)C1c2ccccc2OCC(=O)N1CCc1ccccc1. The summed E-state index contributed by atoms with van der Waals surface area (Å²) in [5.74, 6) is 0.208. The summed E-state index contributed by atoms with van der Waals surface area (Å²) < 4.78 is 5.68. The zero-order chi connectivity index (χ0) is 19.4. The molecule has 0 bridgehead atoms. The van der Waals surface area contributed by atoms with Crippen molar-refractivity contribution < 1.29 is 14.3 Å². The molecule has 0 fully saturated rings. The molecule has 27 heavy (non-hydrogen) atoms. The van der Waals surface area contributed by atoms with E-state index < -0.39 is 11.6 Å². The van der Waals surface area contributed by atoms with Gasteiger partial charge in [0, 0.05) is 17.6 Å². The largest absolute Gasteiger partial charge is 0.483 e. The number of ether oxygens (including phenoxy) is 1. The quantitative estimate of drug-likeness (QED) is 0.905. The van der Waals surface area contributed by atoms with Crippen LogP contribution in [0.2, 0.25) is 0 Å². The number of nitrogens with zero attached hydrogens (tertiary/aromatic N) is 1. The summed E-state index contributed by atoms with van der Waals surface area (Å²) in [4.78, 5) is 27.6. The summed E-state index contributed by atoms with van der Waals surface area (Å²) in [5.41, 5.74) is 1.45. The topological polar surface area (TPSA) is 58.6 Å². The normalized spacial score (nSPS) is 16.9. The van der Waals surface area contributed by atoms with Crippen LogP contribution in [0.5, 0.6) is 5.75 Å². The Morgan fingerprint density at radius 1 is 1.11 bits per heavy atom. The Morgan fingerprint density at radius 3 is 2.48 bits per heavy atom. The number of benzene rings is 2. The highest BCUT2D eigenvalue weighted by molar-refractivity contribution is 5.91. The molecule has 5 nitrogen and oxygen atoms in total. The van der Waals surface area contributed by atoms with Crippen molar-refractivity contribution in [3.63, 3.8) is 0 Å². The van der Waals surface area contributed by atoms with Gasteiger partial charge in [0.25, 0.3) is 5.91 Å². The molecule has 5 heteroatoms. The van der Waals surface area contributed by atoms with Gasteiger partial charge in [-0.05, 0) is 38.8 Å². The first kappa shape index (κ1) is 19.0. The van der Waals surface area contributed by atoms with Crippen molar-refractivity contribution in [2.75, 3.05) is 13.2 Å². The van der Waals surface area contributed by atoms with Crippen LogP contribution < -0.4 is 10.1 Å². The van der Waals surface area contributed by atoms with E-state index in [0.717, 1.165) is 11.1 Å². The van der Waals surface area contributed by atoms with Crippen LogP contribution in [0.15, 0.2) is 54.6 Å². The maximum atomic E-state index is 13.1. The van der Waals surface area contributed by atoms with Crippen molar-refractivity contribution in [1.82, 2.24) is 10.2 Å². The lowest BCUT2D eigenvalue weighted by atomic mass is 10.0. The van der Waals surface area contributed by atoms with Crippen molar-refractivity contribution >= 4 is 11.8 Å². The van der Waals surface area contributed by atoms with Gasteiger partial charge in [0.05, 0.1) is 0 Å². The Morgan fingerprint density at radius 2 is 1.78 bits per heavy atom. The Labute approximate surface area is 160 Å². The number of fused-ring (bicyclic) bond motifs is 1. The minimum atomic E-state index is -0.709. The number of hydrogen-bond acceptors (Lipinski definition) is 3. The second-order valence-electron chi connectivity index (χ2n) is 7.79. The number of amides is 2. The van der Waals surface area contributed by atoms with E-state index in [2.05, 4.69) is 5.32 Å². The number of nitrogens with one attached hydrogen (secondary N) is 1. The van der Waals surface area contributed by atoms with Gasteiger partial charge < -0.3 is 15.0 Å². The van der Waals surface area contributed by atoms with Crippen molar-refractivity contribution in [1.29, 1.82) is 0 Å². The monoisotopic (exact) mass is 366 g/mol. The summed E-state index contributed by atoms with van der Waals surface area (Å²) in [6, 6.07) is 16.6. The lowest BCUT2D eigenvalue weighted by molar-refractivity contribution is -0.141. The predicted molar refractivity (Wildman–Crippen MR) is 104 cm³/mol. The third-order valence-corrected chi connectivity index (χ3v) is 4.43. The van der Waals surface area contributed by atoms with E-state index in [0.29, 0.717) is 18.7 Å². The first-order valence-corrected chi connectivity index (χ1v) is 9.22. The van der Waals surface area contributed by atoms with E-state index in [4.69, 9.17) is 4.74 Å². The molecule has 2 amide bonds. The highest BCUT2D eigenvalue weighted by atomic mass is 16.5. The molecule has 1 aliphatic rings. The third-order valence-electron chi connectivity index (χ3n) is 4.43. The van der Waals surface area contributed by atoms with Crippen molar-refractivity contribution in [2.24, 2.45) is 0 Å². The smallest absolute Gasteiger partial charge is 0.261 e. The summed E-state index contributed by atoms with van der Waals surface area (Å²) in [6.45, 7) is 6.17. The Hall–Kier alpha value is -2.82. The van der Waals surface area contributed by atoms with Crippen LogP contribution in [0, 0.1) is 0 Å². The zero-order valence-electron chi connectivity index (χ0n) is 16.1. The minimum absolute atomic E-state index is 0.0644. The maximum absolute atomic E-state index is 13.1. The Balaban J connectivity index is 1.93. The van der Waals surface area contributed by atoms with Gasteiger partial charge in [-0.1, -0.05) is 48.5 Å². The van der Waals surface area contributed by atoms with E-state index >= 15 is 0 Å². The second-order valence-corrected chi connectivity index (χ2v) is 7.79. The molecule has 142 valence electrons. The van der Waals surface area contributed by atoms with Gasteiger partial charge in [-0.15, -0.1) is 0 Å². The number of carbonyl (C=O) groups excluding carboxylic acids is 2. The van der Waals surface area contributed by atoms with Crippen LogP contribution in [0.4, 0.5) is 0 Å². The zero-order valence-corrected chi connectivity index (χ0v) is 16.1. The van der Waals surface area contributed by atoms with E-state index in [-0.39, 0.29) is 18.4 Å². The molecule has 0 radical (unpaired) electrons. The van der Waals surface area contributed by atoms with Gasteiger partial charge in [-0.25, -0.2) is 0 Å². The molecule has 0 aliphatic carbocycles. The molecule has 0 spiro atoms. The first-order valence-electron chi connectivity index (χ1n) is 9.22. The number of carbonyl (C=O) groups is 2. The molecule has 0 saturated carbocycles. The molecule has 2 aromatic carbocycles. The molecule has 1 N–H and O–H groups in total. The summed E-state index contributed by atoms with van der Waals surface area (Å²) in [6.07, 6.45) is 0.675. The number of para-hydroxylation sites is 1. The molecule has 1 unspecified atom stereocenters.